The number of carbonyl (C=O) groups excluding carboxylic acids is 1. The summed E-state index contributed by atoms with van der Waals surface area (Å²) in [5.74, 6) is 0.590. The van der Waals surface area contributed by atoms with Gasteiger partial charge >= 0.3 is 0 Å². The third kappa shape index (κ3) is 4.19. The largest absolute Gasteiger partial charge is 0.351 e. The van der Waals surface area contributed by atoms with Crippen LogP contribution in [-0.2, 0) is 6.54 Å². The highest BCUT2D eigenvalue weighted by Crippen LogP contribution is 2.23. The van der Waals surface area contributed by atoms with Crippen LogP contribution in [0.15, 0.2) is 36.4 Å². The summed E-state index contributed by atoms with van der Waals surface area (Å²) in [6.07, 6.45) is 2.31. The number of aryl methyl sites for hydroxylation is 1. The highest BCUT2D eigenvalue weighted by molar-refractivity contribution is 5.92. The molecule has 1 N–H and O–H groups in total. The molecule has 2 heterocycles. The summed E-state index contributed by atoms with van der Waals surface area (Å²) in [5.41, 5.74) is 2.64. The number of nitrogens with one attached hydrogen (secondary N) is 1. The molecule has 2 aliphatic rings. The zero-order valence-corrected chi connectivity index (χ0v) is 15.2. The van der Waals surface area contributed by atoms with Crippen LogP contribution >= 0.6 is 0 Å². The van der Waals surface area contributed by atoms with Crippen molar-refractivity contribution in [2.75, 3.05) is 31.5 Å². The van der Waals surface area contributed by atoms with E-state index in [0.29, 0.717) is 17.7 Å². The lowest BCUT2D eigenvalue weighted by Crippen LogP contribution is -2.48. The molecule has 0 unspecified atom stereocenters. The van der Waals surface area contributed by atoms with Gasteiger partial charge in [0.25, 0.3) is 5.91 Å². The smallest absolute Gasteiger partial charge is 0.272 e. The van der Waals surface area contributed by atoms with Crippen molar-refractivity contribution >= 4 is 11.9 Å². The lowest BCUT2D eigenvalue weighted by molar-refractivity contribution is 0.0622. The van der Waals surface area contributed by atoms with Gasteiger partial charge in [0.2, 0.25) is 5.95 Å². The third-order valence-electron chi connectivity index (χ3n) is 4.89. The first-order valence-electron chi connectivity index (χ1n) is 9.35. The number of anilines is 1. The molecule has 1 aromatic heterocycles. The molecule has 4 rings (SSSR count). The Morgan fingerprint density at radius 1 is 1.12 bits per heavy atom. The van der Waals surface area contributed by atoms with E-state index in [2.05, 4.69) is 44.5 Å². The summed E-state index contributed by atoms with van der Waals surface area (Å²) in [6, 6.07) is 12.7. The summed E-state index contributed by atoms with van der Waals surface area (Å²) >= 11 is 0. The Labute approximate surface area is 154 Å². The summed E-state index contributed by atoms with van der Waals surface area (Å²) in [5, 5.41) is 3.29. The van der Waals surface area contributed by atoms with Crippen molar-refractivity contribution in [1.82, 2.24) is 19.8 Å². The molecular formula is C20H25N5O. The first-order valence-corrected chi connectivity index (χ1v) is 9.35. The minimum absolute atomic E-state index is 0.00806. The zero-order valence-electron chi connectivity index (χ0n) is 15.2. The van der Waals surface area contributed by atoms with E-state index >= 15 is 0 Å². The van der Waals surface area contributed by atoms with Crippen molar-refractivity contribution in [1.29, 1.82) is 0 Å². The number of hydrogen-bond donors (Lipinski definition) is 1. The van der Waals surface area contributed by atoms with E-state index in [1.54, 1.807) is 6.07 Å². The van der Waals surface area contributed by atoms with Crippen LogP contribution in [0.5, 0.6) is 0 Å². The summed E-state index contributed by atoms with van der Waals surface area (Å²) in [6.45, 7) is 6.09. The van der Waals surface area contributed by atoms with Crippen LogP contribution in [0.4, 0.5) is 5.95 Å². The average Bonchev–Trinajstić information content (AvgIpc) is 3.46. The predicted octanol–water partition coefficient (Wildman–Crippen LogP) is 2.32. The number of piperazine rings is 1. The first kappa shape index (κ1) is 17.0. The van der Waals surface area contributed by atoms with Crippen LogP contribution < -0.4 is 5.32 Å². The predicted molar refractivity (Wildman–Crippen MR) is 101 cm³/mol. The van der Waals surface area contributed by atoms with Gasteiger partial charge in [-0.2, -0.15) is 0 Å². The van der Waals surface area contributed by atoms with Crippen molar-refractivity contribution in [3.63, 3.8) is 0 Å². The Kier molecular flexibility index (Phi) is 4.84. The van der Waals surface area contributed by atoms with Crippen molar-refractivity contribution in [2.24, 2.45) is 0 Å². The summed E-state index contributed by atoms with van der Waals surface area (Å²) in [7, 11) is 0. The highest BCUT2D eigenvalue weighted by Gasteiger charge is 2.25. The van der Waals surface area contributed by atoms with Gasteiger partial charge in [0.1, 0.15) is 5.69 Å². The van der Waals surface area contributed by atoms with E-state index in [4.69, 9.17) is 0 Å². The van der Waals surface area contributed by atoms with E-state index in [0.717, 1.165) is 51.3 Å². The van der Waals surface area contributed by atoms with Gasteiger partial charge in [0.15, 0.2) is 0 Å². The zero-order chi connectivity index (χ0) is 17.9. The van der Waals surface area contributed by atoms with Gasteiger partial charge in [-0.25, -0.2) is 9.97 Å². The molecule has 0 atom stereocenters. The van der Waals surface area contributed by atoms with Crippen LogP contribution in [0.25, 0.3) is 0 Å². The fourth-order valence-electron chi connectivity index (χ4n) is 3.27. The van der Waals surface area contributed by atoms with Gasteiger partial charge in [0.05, 0.1) is 0 Å². The summed E-state index contributed by atoms with van der Waals surface area (Å²) in [4.78, 5) is 26.0. The minimum atomic E-state index is 0.00806. The third-order valence-corrected chi connectivity index (χ3v) is 4.89. The van der Waals surface area contributed by atoms with Crippen LogP contribution in [0, 0.1) is 6.92 Å². The lowest BCUT2D eigenvalue weighted by atomic mass is 10.2. The Balaban J connectivity index is 1.36. The molecule has 26 heavy (non-hydrogen) atoms. The van der Waals surface area contributed by atoms with E-state index in [1.807, 2.05) is 17.9 Å². The fraction of sp³-hybridized carbons (Fsp3) is 0.450. The minimum Gasteiger partial charge on any atom is -0.351 e. The second-order valence-electron chi connectivity index (χ2n) is 7.19. The monoisotopic (exact) mass is 351 g/mol. The SMILES string of the molecule is Cc1cc(C(=O)N2CCN(Cc3ccccc3)CC2)nc(NC2CC2)n1. The molecule has 0 bridgehead atoms. The second kappa shape index (κ2) is 7.41. The highest BCUT2D eigenvalue weighted by atomic mass is 16.2. The molecule has 6 heteroatoms. The molecular weight excluding hydrogens is 326 g/mol. The molecule has 1 saturated heterocycles. The molecule has 0 spiro atoms. The van der Waals surface area contributed by atoms with Crippen molar-refractivity contribution < 1.29 is 4.79 Å². The Bertz CT molecular complexity index is 767. The average molecular weight is 351 g/mol. The van der Waals surface area contributed by atoms with Crippen LogP contribution in [-0.4, -0.2) is 57.9 Å². The quantitative estimate of drug-likeness (QED) is 0.896. The molecule has 1 aromatic carbocycles. The van der Waals surface area contributed by atoms with Gasteiger partial charge in [-0.3, -0.25) is 9.69 Å². The van der Waals surface area contributed by atoms with Gasteiger partial charge in [-0.1, -0.05) is 30.3 Å². The molecule has 1 saturated carbocycles. The maximum atomic E-state index is 12.9. The second-order valence-corrected chi connectivity index (χ2v) is 7.19. The van der Waals surface area contributed by atoms with E-state index < -0.39 is 0 Å². The standard InChI is InChI=1S/C20H25N5O/c1-15-13-18(23-20(21-15)22-17-7-8-17)19(26)25-11-9-24(10-12-25)14-16-5-3-2-4-6-16/h2-6,13,17H,7-12,14H2,1H3,(H,21,22,23). The summed E-state index contributed by atoms with van der Waals surface area (Å²) < 4.78 is 0. The fourth-order valence-corrected chi connectivity index (χ4v) is 3.27. The molecule has 136 valence electrons. The number of carbonyl (C=O) groups is 1. The van der Waals surface area contributed by atoms with Gasteiger partial charge in [-0.15, -0.1) is 0 Å². The Morgan fingerprint density at radius 2 is 1.85 bits per heavy atom. The van der Waals surface area contributed by atoms with Gasteiger partial charge in [-0.05, 0) is 31.4 Å². The Morgan fingerprint density at radius 3 is 2.54 bits per heavy atom. The van der Waals surface area contributed by atoms with Crippen LogP contribution in [0.1, 0.15) is 34.6 Å². The van der Waals surface area contributed by atoms with Gasteiger partial charge < -0.3 is 10.2 Å². The Hall–Kier alpha value is -2.47. The molecule has 1 aliphatic heterocycles. The molecule has 1 amide bonds. The maximum Gasteiger partial charge on any atom is 0.272 e. The van der Waals surface area contributed by atoms with Gasteiger partial charge in [0, 0.05) is 44.5 Å². The molecule has 0 radical (unpaired) electrons. The van der Waals surface area contributed by atoms with Crippen molar-refractivity contribution in [3.05, 3.63) is 53.3 Å². The van der Waals surface area contributed by atoms with Crippen molar-refractivity contribution in [3.8, 4) is 0 Å². The normalized spacial score (nSPS) is 18.0. The van der Waals surface area contributed by atoms with Crippen molar-refractivity contribution in [2.45, 2.75) is 32.4 Å². The number of benzene rings is 1. The van der Waals surface area contributed by atoms with E-state index in [1.165, 1.54) is 5.56 Å². The number of hydrogen-bond acceptors (Lipinski definition) is 5. The molecule has 2 fully saturated rings. The number of aromatic nitrogens is 2. The molecule has 2 aromatic rings. The topological polar surface area (TPSA) is 61.4 Å². The molecule has 6 nitrogen and oxygen atoms in total. The van der Waals surface area contributed by atoms with Crippen LogP contribution in [0.2, 0.25) is 0 Å². The first-order chi connectivity index (χ1) is 12.7. The number of amides is 1. The maximum absolute atomic E-state index is 12.9. The van der Waals surface area contributed by atoms with E-state index in [9.17, 15) is 4.79 Å². The number of nitrogens with zero attached hydrogens (tertiary/aromatic N) is 4. The van der Waals surface area contributed by atoms with E-state index in [-0.39, 0.29) is 5.91 Å². The number of rotatable bonds is 5. The lowest BCUT2D eigenvalue weighted by Gasteiger charge is -2.34. The molecule has 1 aliphatic carbocycles. The van der Waals surface area contributed by atoms with Crippen LogP contribution in [0.3, 0.4) is 0 Å².